The number of phenolic OH excluding ortho intramolecular Hbond substituents is 4. The van der Waals surface area contributed by atoms with Gasteiger partial charge in [0.2, 0.25) is 0 Å². The second-order valence-corrected chi connectivity index (χ2v) is 15.2. The molecule has 7 N–H and O–H groups in total. The smallest absolute Gasteiger partial charge is 0.298 e. The average Bonchev–Trinajstić information content (AvgIpc) is 3.06. The van der Waals surface area contributed by atoms with E-state index >= 15 is 0 Å². The molecule has 0 unspecified atom stereocenters. The van der Waals surface area contributed by atoms with Gasteiger partial charge in [0.25, 0.3) is 30.4 Å². The molecule has 0 heterocycles. The summed E-state index contributed by atoms with van der Waals surface area (Å²) in [6.45, 7) is 0. The standard InChI is InChI=1S/C32H22N4O13S3/c37-26-12-16(5-9-23(26)33-35-25-15-28(51(44,45)46)21-3-1-2-4-22(21)31(25)39)17-6-10-24(27(38)13-17)34-36-30-20-8-7-19(50(41,42)43)11-18(20)14-29(32(30)40)52(47,48)49/h1-15,37-40H,(H,41,42,43)(H,44,45,46)(H,47,48,49). The van der Waals surface area contributed by atoms with Crippen LogP contribution in [-0.2, 0) is 30.4 Å². The van der Waals surface area contributed by atoms with Crippen molar-refractivity contribution in [2.24, 2.45) is 20.5 Å². The Labute approximate surface area is 293 Å². The molecule has 0 aliphatic rings. The zero-order valence-electron chi connectivity index (χ0n) is 25.8. The molecule has 0 saturated carbocycles. The molecule has 0 amide bonds. The van der Waals surface area contributed by atoms with Crippen LogP contribution in [0.5, 0.6) is 23.0 Å². The minimum Gasteiger partial charge on any atom is -0.506 e. The Morgan fingerprint density at radius 2 is 0.981 bits per heavy atom. The van der Waals surface area contributed by atoms with Gasteiger partial charge in [-0.05, 0) is 65.0 Å². The third-order valence-corrected chi connectivity index (χ3v) is 10.3. The second-order valence-electron chi connectivity index (χ2n) is 11.0. The Morgan fingerprint density at radius 3 is 1.52 bits per heavy atom. The number of azo groups is 2. The van der Waals surface area contributed by atoms with Crippen molar-refractivity contribution >= 4 is 74.6 Å². The number of benzene rings is 6. The lowest BCUT2D eigenvalue weighted by atomic mass is 10.0. The number of aromatic hydroxyl groups is 4. The van der Waals surface area contributed by atoms with E-state index in [1.807, 2.05) is 0 Å². The normalized spacial score (nSPS) is 12.8. The third kappa shape index (κ3) is 6.96. The van der Waals surface area contributed by atoms with Gasteiger partial charge in [0, 0.05) is 16.2 Å². The molecule has 0 aliphatic carbocycles. The molecule has 0 atom stereocenters. The van der Waals surface area contributed by atoms with Gasteiger partial charge in [0.15, 0.2) is 11.5 Å². The van der Waals surface area contributed by atoms with Crippen molar-refractivity contribution in [3.63, 3.8) is 0 Å². The summed E-state index contributed by atoms with van der Waals surface area (Å²) in [4.78, 5) is -2.15. The van der Waals surface area contributed by atoms with Crippen LogP contribution in [0.1, 0.15) is 0 Å². The van der Waals surface area contributed by atoms with Crippen molar-refractivity contribution in [2.45, 2.75) is 14.7 Å². The molecule has 0 spiro atoms. The molecule has 0 fully saturated rings. The van der Waals surface area contributed by atoms with E-state index in [9.17, 15) is 59.3 Å². The highest BCUT2D eigenvalue weighted by atomic mass is 32.2. The SMILES string of the molecule is O=S(=O)(O)c1ccc2c(N=Nc3ccc(-c4ccc(N=Nc5cc(S(=O)(=O)O)c6ccccc6c5O)c(O)c4)cc3O)c(O)c(S(=O)(=O)O)cc2c1. The average molecular weight is 767 g/mol. The molecule has 6 rings (SSSR count). The number of rotatable bonds is 8. The maximum Gasteiger partial charge on any atom is 0.298 e. The van der Waals surface area contributed by atoms with Crippen molar-refractivity contribution < 1.29 is 59.3 Å². The van der Waals surface area contributed by atoms with Gasteiger partial charge in [-0.2, -0.15) is 25.3 Å². The van der Waals surface area contributed by atoms with Crippen molar-refractivity contribution in [3.8, 4) is 34.1 Å². The van der Waals surface area contributed by atoms with Gasteiger partial charge in [0.05, 0.1) is 4.90 Å². The van der Waals surface area contributed by atoms with E-state index in [2.05, 4.69) is 20.5 Å². The number of phenols is 4. The molecular weight excluding hydrogens is 745 g/mol. The molecule has 0 radical (unpaired) electrons. The fraction of sp³-hybridized carbons (Fsp3) is 0. The highest BCUT2D eigenvalue weighted by molar-refractivity contribution is 7.86. The molecule has 0 saturated heterocycles. The first-order valence-electron chi connectivity index (χ1n) is 14.3. The van der Waals surface area contributed by atoms with Crippen molar-refractivity contribution in [1.82, 2.24) is 0 Å². The molecule has 17 nitrogen and oxygen atoms in total. The van der Waals surface area contributed by atoms with E-state index in [4.69, 9.17) is 0 Å². The van der Waals surface area contributed by atoms with Gasteiger partial charge in [-0.3, -0.25) is 13.7 Å². The van der Waals surface area contributed by atoms with Gasteiger partial charge < -0.3 is 20.4 Å². The van der Waals surface area contributed by atoms with Crippen molar-refractivity contribution in [3.05, 3.63) is 91.0 Å². The second kappa shape index (κ2) is 12.9. The zero-order chi connectivity index (χ0) is 37.7. The molecule has 0 aliphatic heterocycles. The largest absolute Gasteiger partial charge is 0.506 e. The molecule has 0 aromatic heterocycles. The van der Waals surface area contributed by atoms with Crippen LogP contribution in [0.4, 0.5) is 22.7 Å². The minimum atomic E-state index is -5.05. The van der Waals surface area contributed by atoms with E-state index in [0.29, 0.717) is 11.1 Å². The van der Waals surface area contributed by atoms with Gasteiger partial charge >= 0.3 is 0 Å². The first-order chi connectivity index (χ1) is 24.3. The molecule has 52 heavy (non-hydrogen) atoms. The van der Waals surface area contributed by atoms with Crippen LogP contribution < -0.4 is 0 Å². The topological polar surface area (TPSA) is 293 Å². The van der Waals surface area contributed by atoms with E-state index in [1.54, 1.807) is 6.07 Å². The molecule has 266 valence electrons. The summed E-state index contributed by atoms with van der Waals surface area (Å²) >= 11 is 0. The summed E-state index contributed by atoms with van der Waals surface area (Å²) in [6, 6.07) is 18.6. The van der Waals surface area contributed by atoms with Crippen molar-refractivity contribution in [1.29, 1.82) is 0 Å². The van der Waals surface area contributed by atoms with Crippen LogP contribution in [-0.4, -0.2) is 59.3 Å². The van der Waals surface area contributed by atoms with Crippen molar-refractivity contribution in [2.75, 3.05) is 0 Å². The van der Waals surface area contributed by atoms with Crippen LogP contribution in [0, 0.1) is 0 Å². The highest BCUT2D eigenvalue weighted by Gasteiger charge is 2.23. The van der Waals surface area contributed by atoms with Crippen LogP contribution in [0.25, 0.3) is 32.7 Å². The third-order valence-electron chi connectivity index (χ3n) is 7.64. The van der Waals surface area contributed by atoms with E-state index in [0.717, 1.165) is 30.3 Å². The molecular formula is C32H22N4O13S3. The summed E-state index contributed by atoms with van der Waals surface area (Å²) in [7, 11) is -14.5. The molecule has 6 aromatic rings. The number of hydrogen-bond donors (Lipinski definition) is 7. The summed E-state index contributed by atoms with van der Waals surface area (Å²) in [5.41, 5.74) is -0.398. The monoisotopic (exact) mass is 766 g/mol. The van der Waals surface area contributed by atoms with Gasteiger partial charge in [-0.25, -0.2) is 0 Å². The Morgan fingerprint density at radius 1 is 0.442 bits per heavy atom. The molecule has 20 heteroatoms. The van der Waals surface area contributed by atoms with E-state index in [1.165, 1.54) is 54.6 Å². The van der Waals surface area contributed by atoms with Crippen LogP contribution in [0.3, 0.4) is 0 Å². The van der Waals surface area contributed by atoms with Gasteiger partial charge in [-0.1, -0.05) is 42.5 Å². The quantitative estimate of drug-likeness (QED) is 0.0604. The summed E-state index contributed by atoms with van der Waals surface area (Å²) in [6.07, 6.45) is 0. The minimum absolute atomic E-state index is 0.0282. The molecule has 0 bridgehead atoms. The Hall–Kier alpha value is -6.03. The Balaban J connectivity index is 1.31. The lowest BCUT2D eigenvalue weighted by molar-refractivity contribution is 0.444. The Bertz CT molecular complexity index is 2880. The maximum absolute atomic E-state index is 12.0. The van der Waals surface area contributed by atoms with E-state index in [-0.39, 0.29) is 38.6 Å². The number of nitrogens with zero attached hydrogens (tertiary/aromatic N) is 4. The maximum atomic E-state index is 12.0. The summed E-state index contributed by atoms with van der Waals surface area (Å²) in [5, 5.41) is 58.1. The van der Waals surface area contributed by atoms with Crippen LogP contribution in [0.2, 0.25) is 0 Å². The first-order valence-corrected chi connectivity index (χ1v) is 18.6. The number of hydrogen-bond acceptors (Lipinski definition) is 14. The molecule has 6 aromatic carbocycles. The predicted octanol–water partition coefficient (Wildman–Crippen LogP) is 7.05. The fourth-order valence-electron chi connectivity index (χ4n) is 5.18. The summed E-state index contributed by atoms with van der Waals surface area (Å²) in [5.74, 6) is -2.32. The zero-order valence-corrected chi connectivity index (χ0v) is 28.2. The van der Waals surface area contributed by atoms with Crippen LogP contribution >= 0.6 is 0 Å². The number of fused-ring (bicyclic) bond motifs is 2. The fourth-order valence-corrected chi connectivity index (χ4v) is 7.03. The first kappa shape index (κ1) is 35.8. The predicted molar refractivity (Wildman–Crippen MR) is 184 cm³/mol. The lowest BCUT2D eigenvalue weighted by Crippen LogP contribution is -2.00. The van der Waals surface area contributed by atoms with Crippen LogP contribution in [0.15, 0.2) is 126 Å². The van der Waals surface area contributed by atoms with E-state index < -0.39 is 73.7 Å². The summed E-state index contributed by atoms with van der Waals surface area (Å²) < 4.78 is 99.7. The Kier molecular flexibility index (Phi) is 8.90. The van der Waals surface area contributed by atoms with Gasteiger partial charge in [-0.15, -0.1) is 20.5 Å². The highest BCUT2D eigenvalue weighted by Crippen LogP contribution is 2.44. The van der Waals surface area contributed by atoms with Gasteiger partial charge in [0.1, 0.15) is 44.0 Å². The lowest BCUT2D eigenvalue weighted by Gasteiger charge is -2.10.